The molecule has 0 unspecified atom stereocenters. The summed E-state index contributed by atoms with van der Waals surface area (Å²) in [5, 5.41) is 11.5. The monoisotopic (exact) mass is 381 g/mol. The maximum Gasteiger partial charge on any atom is 0.335 e. The summed E-state index contributed by atoms with van der Waals surface area (Å²) in [4.78, 5) is 23.4. The van der Waals surface area contributed by atoms with Crippen LogP contribution in [0.25, 0.3) is 0 Å². The largest absolute Gasteiger partial charge is 0.478 e. The van der Waals surface area contributed by atoms with Gasteiger partial charge in [-0.05, 0) is 60.7 Å². The first-order valence-electron chi connectivity index (χ1n) is 7.93. The van der Waals surface area contributed by atoms with Crippen LogP contribution in [0.4, 0.5) is 5.69 Å². The van der Waals surface area contributed by atoms with Crippen LogP contribution in [-0.2, 0) is 9.84 Å². The molecule has 3 rings (SSSR count). The lowest BCUT2D eigenvalue weighted by atomic mass is 10.2. The predicted molar refractivity (Wildman–Crippen MR) is 99.7 cm³/mol. The van der Waals surface area contributed by atoms with Crippen LogP contribution in [0, 0.1) is 0 Å². The van der Waals surface area contributed by atoms with E-state index in [2.05, 4.69) is 5.32 Å². The zero-order valence-corrected chi connectivity index (χ0v) is 14.8. The van der Waals surface area contributed by atoms with Gasteiger partial charge in [-0.1, -0.05) is 18.2 Å². The number of anilines is 1. The van der Waals surface area contributed by atoms with Crippen LogP contribution >= 0.6 is 0 Å². The zero-order valence-electron chi connectivity index (χ0n) is 14.0. The Morgan fingerprint density at radius 1 is 0.704 bits per heavy atom. The number of hydrogen-bond acceptors (Lipinski definition) is 4. The highest BCUT2D eigenvalue weighted by atomic mass is 32.2. The molecule has 0 aliphatic heterocycles. The van der Waals surface area contributed by atoms with Crippen molar-refractivity contribution < 1.29 is 23.1 Å². The van der Waals surface area contributed by atoms with Crippen molar-refractivity contribution in [1.29, 1.82) is 0 Å². The first-order chi connectivity index (χ1) is 12.9. The Morgan fingerprint density at radius 3 is 1.78 bits per heavy atom. The van der Waals surface area contributed by atoms with E-state index in [-0.39, 0.29) is 20.9 Å². The molecule has 0 aromatic heterocycles. The second kappa shape index (κ2) is 7.43. The molecular weight excluding hydrogens is 366 g/mol. The van der Waals surface area contributed by atoms with Crippen LogP contribution in [0.3, 0.4) is 0 Å². The molecule has 0 saturated heterocycles. The number of aromatic carboxylic acids is 1. The summed E-state index contributed by atoms with van der Waals surface area (Å²) >= 11 is 0. The molecule has 27 heavy (non-hydrogen) atoms. The van der Waals surface area contributed by atoms with Crippen molar-refractivity contribution in [2.24, 2.45) is 0 Å². The Labute approximate surface area is 156 Å². The van der Waals surface area contributed by atoms with E-state index >= 15 is 0 Å². The van der Waals surface area contributed by atoms with Gasteiger partial charge >= 0.3 is 5.97 Å². The first-order valence-corrected chi connectivity index (χ1v) is 9.41. The molecule has 6 nitrogen and oxygen atoms in total. The Kier molecular flexibility index (Phi) is 5.05. The second-order valence-electron chi connectivity index (χ2n) is 5.68. The summed E-state index contributed by atoms with van der Waals surface area (Å²) in [5.41, 5.74) is 0.832. The third-order valence-corrected chi connectivity index (χ3v) is 5.66. The first kappa shape index (κ1) is 18.3. The molecule has 0 fully saturated rings. The minimum atomic E-state index is -3.64. The van der Waals surface area contributed by atoms with Crippen LogP contribution < -0.4 is 5.32 Å². The SMILES string of the molecule is O=C(O)c1ccc(NC(=O)c2ccc(S(=O)(=O)c3ccccc3)cc2)cc1. The topological polar surface area (TPSA) is 101 Å². The Balaban J connectivity index is 1.77. The fraction of sp³-hybridized carbons (Fsp3) is 0. The van der Waals surface area contributed by atoms with Crippen molar-refractivity contribution in [3.63, 3.8) is 0 Å². The molecule has 0 saturated carbocycles. The van der Waals surface area contributed by atoms with E-state index in [9.17, 15) is 18.0 Å². The van der Waals surface area contributed by atoms with Gasteiger partial charge in [-0.25, -0.2) is 13.2 Å². The van der Waals surface area contributed by atoms with Crippen molar-refractivity contribution in [2.75, 3.05) is 5.32 Å². The van der Waals surface area contributed by atoms with Gasteiger partial charge in [-0.2, -0.15) is 0 Å². The normalized spacial score (nSPS) is 11.0. The summed E-state index contributed by atoms with van der Waals surface area (Å²) in [5.74, 6) is -1.48. The Bertz CT molecular complexity index is 1070. The third kappa shape index (κ3) is 4.04. The summed E-state index contributed by atoms with van der Waals surface area (Å²) in [6, 6.07) is 19.4. The van der Waals surface area contributed by atoms with Gasteiger partial charge < -0.3 is 10.4 Å². The van der Waals surface area contributed by atoms with Crippen molar-refractivity contribution in [2.45, 2.75) is 9.79 Å². The molecule has 3 aromatic carbocycles. The van der Waals surface area contributed by atoms with E-state index in [4.69, 9.17) is 5.11 Å². The third-order valence-electron chi connectivity index (χ3n) is 3.87. The zero-order chi connectivity index (χ0) is 19.4. The maximum atomic E-state index is 12.5. The molecule has 0 aliphatic rings. The standard InChI is InChI=1S/C20H15NO5S/c22-19(21-16-10-6-15(7-11-16)20(23)24)14-8-12-18(13-9-14)27(25,26)17-4-2-1-3-5-17/h1-13H,(H,21,22)(H,23,24). The van der Waals surface area contributed by atoms with Gasteiger partial charge in [0.15, 0.2) is 0 Å². The number of hydrogen-bond donors (Lipinski definition) is 2. The summed E-state index contributed by atoms with van der Waals surface area (Å²) < 4.78 is 25.1. The van der Waals surface area contributed by atoms with Crippen molar-refractivity contribution in [3.05, 3.63) is 90.0 Å². The van der Waals surface area contributed by atoms with Crippen LogP contribution in [0.15, 0.2) is 88.7 Å². The number of carboxylic acid groups (broad SMARTS) is 1. The minimum absolute atomic E-state index is 0.0936. The highest BCUT2D eigenvalue weighted by Crippen LogP contribution is 2.21. The molecule has 3 aromatic rings. The fourth-order valence-corrected chi connectivity index (χ4v) is 3.70. The number of carbonyl (C=O) groups excluding carboxylic acids is 1. The molecule has 0 atom stereocenters. The van der Waals surface area contributed by atoms with Gasteiger partial charge in [0.25, 0.3) is 5.91 Å². The van der Waals surface area contributed by atoms with Gasteiger partial charge in [0, 0.05) is 11.3 Å². The van der Waals surface area contributed by atoms with Crippen molar-refractivity contribution in [1.82, 2.24) is 0 Å². The van der Waals surface area contributed by atoms with E-state index in [1.165, 1.54) is 60.7 Å². The van der Waals surface area contributed by atoms with E-state index in [0.29, 0.717) is 5.69 Å². The number of sulfone groups is 1. The van der Waals surface area contributed by atoms with Crippen molar-refractivity contribution in [3.8, 4) is 0 Å². The van der Waals surface area contributed by atoms with Gasteiger partial charge in [0.2, 0.25) is 9.84 Å². The molecule has 0 bridgehead atoms. The van der Waals surface area contributed by atoms with E-state index in [1.54, 1.807) is 18.2 Å². The molecule has 7 heteroatoms. The van der Waals surface area contributed by atoms with E-state index in [1.807, 2.05) is 0 Å². The van der Waals surface area contributed by atoms with Gasteiger partial charge in [-0.15, -0.1) is 0 Å². The summed E-state index contributed by atoms with van der Waals surface area (Å²) in [6.45, 7) is 0. The van der Waals surface area contributed by atoms with Crippen LogP contribution in [-0.4, -0.2) is 25.4 Å². The minimum Gasteiger partial charge on any atom is -0.478 e. The molecule has 0 aliphatic carbocycles. The number of carbonyl (C=O) groups is 2. The molecule has 1 amide bonds. The molecule has 0 spiro atoms. The van der Waals surface area contributed by atoms with Crippen LogP contribution in [0.2, 0.25) is 0 Å². The fourth-order valence-electron chi connectivity index (χ4n) is 2.42. The maximum absolute atomic E-state index is 12.5. The summed E-state index contributed by atoms with van der Waals surface area (Å²) in [6.07, 6.45) is 0. The molecular formula is C20H15NO5S. The average Bonchev–Trinajstić information content (AvgIpc) is 2.69. The summed E-state index contributed by atoms with van der Waals surface area (Å²) in [7, 11) is -3.64. The lowest BCUT2D eigenvalue weighted by Gasteiger charge is -2.08. The van der Waals surface area contributed by atoms with Crippen LogP contribution in [0.5, 0.6) is 0 Å². The van der Waals surface area contributed by atoms with Gasteiger partial charge in [0.05, 0.1) is 15.4 Å². The number of carboxylic acids is 1. The second-order valence-corrected chi connectivity index (χ2v) is 7.63. The lowest BCUT2D eigenvalue weighted by molar-refractivity contribution is 0.0696. The number of benzene rings is 3. The number of nitrogens with one attached hydrogen (secondary N) is 1. The average molecular weight is 381 g/mol. The van der Waals surface area contributed by atoms with Crippen molar-refractivity contribution >= 4 is 27.4 Å². The lowest BCUT2D eigenvalue weighted by Crippen LogP contribution is -2.12. The van der Waals surface area contributed by atoms with E-state index in [0.717, 1.165) is 0 Å². The smallest absolute Gasteiger partial charge is 0.335 e. The van der Waals surface area contributed by atoms with Gasteiger partial charge in [-0.3, -0.25) is 4.79 Å². The quantitative estimate of drug-likeness (QED) is 0.705. The Morgan fingerprint density at radius 2 is 1.22 bits per heavy atom. The molecule has 136 valence electrons. The van der Waals surface area contributed by atoms with Gasteiger partial charge in [0.1, 0.15) is 0 Å². The number of amides is 1. The van der Waals surface area contributed by atoms with E-state index < -0.39 is 21.7 Å². The molecule has 0 radical (unpaired) electrons. The highest BCUT2D eigenvalue weighted by molar-refractivity contribution is 7.91. The molecule has 0 heterocycles. The predicted octanol–water partition coefficient (Wildman–Crippen LogP) is 3.47. The highest BCUT2D eigenvalue weighted by Gasteiger charge is 2.17. The Hall–Kier alpha value is -3.45. The number of rotatable bonds is 5. The molecule has 2 N–H and O–H groups in total. The van der Waals surface area contributed by atoms with Crippen LogP contribution in [0.1, 0.15) is 20.7 Å².